The van der Waals surface area contributed by atoms with Gasteiger partial charge in [-0.2, -0.15) is 0 Å². The minimum absolute atomic E-state index is 0.0173. The minimum atomic E-state index is -0.0425. The van der Waals surface area contributed by atoms with Crippen molar-refractivity contribution in [2.75, 3.05) is 64.2 Å². The molecule has 0 aromatic rings. The molecule has 0 aliphatic carbocycles. The molecular formula is C25H55NO5P2. The summed E-state index contributed by atoms with van der Waals surface area (Å²) in [4.78, 5) is 0. The van der Waals surface area contributed by atoms with Gasteiger partial charge in [0.2, 0.25) is 0 Å². The maximum absolute atomic E-state index is 6.04. The number of hydrogen-bond acceptors (Lipinski definition) is 6. The number of nitrogens with two attached hydrogens (primary N) is 1. The van der Waals surface area contributed by atoms with Gasteiger partial charge in [-0.25, -0.2) is 0 Å². The molecule has 0 saturated carbocycles. The van der Waals surface area contributed by atoms with E-state index < -0.39 is 0 Å². The Bertz CT molecular complexity index is 367. The average molecular weight is 512 g/mol. The zero-order valence-electron chi connectivity index (χ0n) is 22.1. The van der Waals surface area contributed by atoms with Crippen molar-refractivity contribution < 1.29 is 23.7 Å². The first-order valence-corrected chi connectivity index (χ1v) is 16.2. The van der Waals surface area contributed by atoms with Crippen LogP contribution in [0.2, 0.25) is 0 Å². The molecule has 0 aliphatic heterocycles. The summed E-state index contributed by atoms with van der Waals surface area (Å²) in [7, 11) is 1.75. The smallest absolute Gasteiger partial charge is 0.161 e. The molecule has 0 aliphatic rings. The topological polar surface area (TPSA) is 72.2 Å². The monoisotopic (exact) mass is 511 g/mol. The Hall–Kier alpha value is 0.620. The molecule has 3 unspecified atom stereocenters. The highest BCUT2D eigenvalue weighted by Crippen LogP contribution is 2.22. The molecule has 3 atom stereocenters. The zero-order valence-corrected chi connectivity index (χ0v) is 24.1. The van der Waals surface area contributed by atoms with Crippen molar-refractivity contribution in [3.63, 3.8) is 0 Å². The van der Waals surface area contributed by atoms with Crippen LogP contribution in [0.25, 0.3) is 0 Å². The summed E-state index contributed by atoms with van der Waals surface area (Å²) in [6.45, 7) is 12.9. The van der Waals surface area contributed by atoms with Crippen molar-refractivity contribution in [1.29, 1.82) is 0 Å². The van der Waals surface area contributed by atoms with E-state index in [1.807, 2.05) is 0 Å². The number of ether oxygens (including phenoxy) is 5. The van der Waals surface area contributed by atoms with Crippen LogP contribution >= 0.6 is 17.2 Å². The highest BCUT2D eigenvalue weighted by atomic mass is 31.1. The predicted octanol–water partition coefficient (Wildman–Crippen LogP) is 5.61. The van der Waals surface area contributed by atoms with E-state index in [1.165, 1.54) is 25.2 Å². The molecule has 0 amide bonds. The van der Waals surface area contributed by atoms with Crippen molar-refractivity contribution in [2.24, 2.45) is 5.73 Å². The third-order valence-electron chi connectivity index (χ3n) is 4.90. The Morgan fingerprint density at radius 1 is 0.576 bits per heavy atom. The van der Waals surface area contributed by atoms with Crippen LogP contribution in [0.15, 0.2) is 0 Å². The third kappa shape index (κ3) is 22.8. The molecule has 0 aromatic carbocycles. The van der Waals surface area contributed by atoms with Crippen LogP contribution in [0, 0.1) is 0 Å². The van der Waals surface area contributed by atoms with Crippen LogP contribution in [-0.2, 0) is 23.7 Å². The van der Waals surface area contributed by atoms with Gasteiger partial charge in [-0.05, 0) is 57.3 Å². The van der Waals surface area contributed by atoms with Gasteiger partial charge in [0.25, 0.3) is 0 Å². The standard InChI is InChI=1S/C25H55NO5P2/c1-5-14-28-24(29-15-6-2)21-32-19-10-9-11-23(27-18-13-26)12-20-33-22-25(30-16-7-3)31-17-8-4/h23-25,32-33H,5-22,26H2,1-4H3. The van der Waals surface area contributed by atoms with Crippen molar-refractivity contribution in [3.05, 3.63) is 0 Å². The fraction of sp³-hybridized carbons (Fsp3) is 1.00. The van der Waals surface area contributed by atoms with E-state index in [9.17, 15) is 0 Å². The van der Waals surface area contributed by atoms with E-state index in [4.69, 9.17) is 29.4 Å². The van der Waals surface area contributed by atoms with Gasteiger partial charge in [-0.1, -0.05) is 34.1 Å². The Balaban J connectivity index is 4.08. The van der Waals surface area contributed by atoms with Gasteiger partial charge in [0, 0.05) is 45.3 Å². The first-order chi connectivity index (χ1) is 16.2. The quantitative estimate of drug-likeness (QED) is 0.0879. The molecular weight excluding hydrogens is 456 g/mol. The summed E-state index contributed by atoms with van der Waals surface area (Å²) in [6.07, 6.45) is 13.5. The minimum Gasteiger partial charge on any atom is -0.377 e. The van der Waals surface area contributed by atoms with Crippen molar-refractivity contribution in [1.82, 2.24) is 0 Å². The van der Waals surface area contributed by atoms with E-state index in [2.05, 4.69) is 27.7 Å². The number of unbranched alkanes of at least 4 members (excludes halogenated alkanes) is 1. The molecule has 200 valence electrons. The van der Waals surface area contributed by atoms with E-state index in [-0.39, 0.29) is 12.6 Å². The highest BCUT2D eigenvalue weighted by molar-refractivity contribution is 7.38. The van der Waals surface area contributed by atoms with Crippen LogP contribution < -0.4 is 5.73 Å². The lowest BCUT2D eigenvalue weighted by atomic mass is 10.1. The molecule has 0 fully saturated rings. The van der Waals surface area contributed by atoms with Crippen molar-refractivity contribution >= 4 is 17.2 Å². The Labute approximate surface area is 208 Å². The molecule has 8 heteroatoms. The van der Waals surface area contributed by atoms with E-state index in [0.717, 1.165) is 94.4 Å². The summed E-state index contributed by atoms with van der Waals surface area (Å²) in [6, 6.07) is 0. The molecule has 2 N–H and O–H groups in total. The van der Waals surface area contributed by atoms with Crippen LogP contribution in [0.4, 0.5) is 0 Å². The summed E-state index contributed by atoms with van der Waals surface area (Å²) >= 11 is 0. The molecule has 0 radical (unpaired) electrons. The second kappa shape index (κ2) is 27.2. The molecule has 0 bridgehead atoms. The second-order valence-corrected chi connectivity index (χ2v) is 11.1. The van der Waals surface area contributed by atoms with Crippen LogP contribution in [-0.4, -0.2) is 82.9 Å². The summed E-state index contributed by atoms with van der Waals surface area (Å²) in [5.41, 5.74) is 5.68. The maximum atomic E-state index is 6.04. The Morgan fingerprint density at radius 3 is 1.52 bits per heavy atom. The molecule has 0 spiro atoms. The van der Waals surface area contributed by atoms with Gasteiger partial charge >= 0.3 is 0 Å². The summed E-state index contributed by atoms with van der Waals surface area (Å²) in [5.74, 6) is 0. The highest BCUT2D eigenvalue weighted by Gasteiger charge is 2.12. The van der Waals surface area contributed by atoms with Crippen LogP contribution in [0.3, 0.4) is 0 Å². The second-order valence-electron chi connectivity index (χ2n) is 8.32. The molecule has 0 aromatic heterocycles. The van der Waals surface area contributed by atoms with Gasteiger partial charge in [0.15, 0.2) is 12.6 Å². The van der Waals surface area contributed by atoms with Gasteiger partial charge in [-0.15, -0.1) is 17.2 Å². The number of rotatable bonds is 27. The molecule has 6 nitrogen and oxygen atoms in total. The van der Waals surface area contributed by atoms with Gasteiger partial charge in [0.05, 0.1) is 12.7 Å². The average Bonchev–Trinajstić information content (AvgIpc) is 2.83. The molecule has 0 saturated heterocycles. The summed E-state index contributed by atoms with van der Waals surface area (Å²) < 4.78 is 29.4. The molecule has 0 rings (SSSR count). The lowest BCUT2D eigenvalue weighted by Crippen LogP contribution is -2.22. The van der Waals surface area contributed by atoms with Gasteiger partial charge in [-0.3, -0.25) is 0 Å². The Kier molecular flexibility index (Phi) is 27.7. The fourth-order valence-electron chi connectivity index (χ4n) is 3.20. The molecule has 33 heavy (non-hydrogen) atoms. The lowest BCUT2D eigenvalue weighted by molar-refractivity contribution is -0.127. The SMILES string of the molecule is CCCOC(CPCCCCC(CCPCC(OCCC)OCCC)OCCN)OCCC. The fourth-order valence-corrected chi connectivity index (χ4v) is 5.58. The largest absolute Gasteiger partial charge is 0.377 e. The predicted molar refractivity (Wildman–Crippen MR) is 146 cm³/mol. The summed E-state index contributed by atoms with van der Waals surface area (Å²) in [5, 5.41) is 0. The normalized spacial score (nSPS) is 13.5. The van der Waals surface area contributed by atoms with Crippen LogP contribution in [0.1, 0.15) is 79.1 Å². The van der Waals surface area contributed by atoms with E-state index in [0.29, 0.717) is 19.3 Å². The van der Waals surface area contributed by atoms with Crippen LogP contribution in [0.5, 0.6) is 0 Å². The number of hydrogen-bond donors (Lipinski definition) is 1. The van der Waals surface area contributed by atoms with Crippen molar-refractivity contribution in [2.45, 2.75) is 97.7 Å². The van der Waals surface area contributed by atoms with Crippen molar-refractivity contribution in [3.8, 4) is 0 Å². The van der Waals surface area contributed by atoms with E-state index >= 15 is 0 Å². The third-order valence-corrected chi connectivity index (χ3v) is 7.49. The first-order valence-electron chi connectivity index (χ1n) is 13.4. The lowest BCUT2D eigenvalue weighted by Gasteiger charge is -2.20. The zero-order chi connectivity index (χ0) is 24.4. The molecule has 0 heterocycles. The maximum Gasteiger partial charge on any atom is 0.161 e. The first kappa shape index (κ1) is 33.6. The van der Waals surface area contributed by atoms with E-state index in [1.54, 1.807) is 0 Å². The van der Waals surface area contributed by atoms with Gasteiger partial charge < -0.3 is 29.4 Å². The van der Waals surface area contributed by atoms with Gasteiger partial charge in [0.1, 0.15) is 0 Å². The Morgan fingerprint density at radius 2 is 1.06 bits per heavy atom.